The first kappa shape index (κ1) is 19.8. The number of rotatable bonds is 9. The molecule has 146 valence electrons. The van der Waals surface area contributed by atoms with Gasteiger partial charge in [-0.3, -0.25) is 4.79 Å². The first-order valence-corrected chi connectivity index (χ1v) is 9.46. The molecule has 7 heteroatoms. The number of carbonyl (C=O) groups is 1. The van der Waals surface area contributed by atoms with Crippen LogP contribution in [0.15, 0.2) is 60.9 Å². The van der Waals surface area contributed by atoms with Gasteiger partial charge in [-0.15, -0.1) is 0 Å². The Hall–Kier alpha value is -2.99. The van der Waals surface area contributed by atoms with Crippen molar-refractivity contribution in [1.82, 2.24) is 15.1 Å². The van der Waals surface area contributed by atoms with Crippen molar-refractivity contribution in [3.8, 4) is 11.4 Å². The van der Waals surface area contributed by atoms with E-state index in [1.807, 2.05) is 47.4 Å². The summed E-state index contributed by atoms with van der Waals surface area (Å²) in [7, 11) is 1.60. The van der Waals surface area contributed by atoms with Crippen LogP contribution in [0.5, 0.6) is 5.75 Å². The molecule has 0 fully saturated rings. The number of hydrogen-bond donors (Lipinski definition) is 2. The van der Waals surface area contributed by atoms with Crippen molar-refractivity contribution in [3.63, 3.8) is 0 Å². The fourth-order valence-corrected chi connectivity index (χ4v) is 2.95. The highest BCUT2D eigenvalue weighted by Gasteiger charge is 2.06. The lowest BCUT2D eigenvalue weighted by atomic mass is 10.2. The lowest BCUT2D eigenvalue weighted by Crippen LogP contribution is -2.27. The molecule has 0 saturated heterocycles. The largest absolute Gasteiger partial charge is 0.495 e. The predicted octanol–water partition coefficient (Wildman–Crippen LogP) is 3.70. The Morgan fingerprint density at radius 3 is 2.79 bits per heavy atom. The molecule has 28 heavy (non-hydrogen) atoms. The molecule has 3 aromatic rings. The van der Waals surface area contributed by atoms with Crippen LogP contribution in [-0.2, 0) is 11.2 Å². The number of nitrogens with one attached hydrogen (secondary N) is 2. The molecule has 0 atom stereocenters. The summed E-state index contributed by atoms with van der Waals surface area (Å²) in [6.45, 7) is 1.06. The molecule has 0 aliphatic carbocycles. The molecule has 1 amide bonds. The topological polar surface area (TPSA) is 68.2 Å². The van der Waals surface area contributed by atoms with Crippen molar-refractivity contribution < 1.29 is 9.53 Å². The zero-order chi connectivity index (χ0) is 19.8. The van der Waals surface area contributed by atoms with E-state index in [0.29, 0.717) is 30.3 Å². The lowest BCUT2D eigenvalue weighted by Gasteiger charge is -2.11. The number of para-hydroxylation sites is 1. The second kappa shape index (κ2) is 9.80. The van der Waals surface area contributed by atoms with E-state index in [9.17, 15) is 4.79 Å². The fraction of sp³-hybridized carbons (Fsp3) is 0.238. The molecule has 0 bridgehead atoms. The SMILES string of the molecule is COc1ccc(Cl)cc1NCCC(=O)NCCc1cnn(-c2ccccc2)c1. The molecule has 3 rings (SSSR count). The minimum absolute atomic E-state index is 0.0102. The summed E-state index contributed by atoms with van der Waals surface area (Å²) in [6, 6.07) is 15.3. The van der Waals surface area contributed by atoms with E-state index in [4.69, 9.17) is 16.3 Å². The molecule has 2 aromatic carbocycles. The smallest absolute Gasteiger partial charge is 0.221 e. The van der Waals surface area contributed by atoms with Crippen LogP contribution in [0.1, 0.15) is 12.0 Å². The number of ether oxygens (including phenoxy) is 1. The second-order valence-corrected chi connectivity index (χ2v) is 6.69. The van der Waals surface area contributed by atoms with Gasteiger partial charge in [0.05, 0.1) is 24.7 Å². The van der Waals surface area contributed by atoms with Crippen molar-refractivity contribution in [3.05, 3.63) is 71.5 Å². The van der Waals surface area contributed by atoms with Gasteiger partial charge < -0.3 is 15.4 Å². The molecular weight excluding hydrogens is 376 g/mol. The molecule has 0 saturated carbocycles. The summed E-state index contributed by atoms with van der Waals surface area (Å²) >= 11 is 6.00. The van der Waals surface area contributed by atoms with Gasteiger partial charge in [-0.1, -0.05) is 29.8 Å². The maximum absolute atomic E-state index is 12.0. The van der Waals surface area contributed by atoms with Crippen molar-refractivity contribution in [2.75, 3.05) is 25.5 Å². The summed E-state index contributed by atoms with van der Waals surface area (Å²) < 4.78 is 7.11. The second-order valence-electron chi connectivity index (χ2n) is 6.25. The van der Waals surface area contributed by atoms with Gasteiger partial charge in [-0.25, -0.2) is 4.68 Å². The van der Waals surface area contributed by atoms with Gasteiger partial charge >= 0.3 is 0 Å². The van der Waals surface area contributed by atoms with Gasteiger partial charge in [0.25, 0.3) is 0 Å². The van der Waals surface area contributed by atoms with Crippen LogP contribution in [0.2, 0.25) is 5.02 Å². The molecule has 6 nitrogen and oxygen atoms in total. The van der Waals surface area contributed by atoms with E-state index in [1.54, 1.807) is 25.3 Å². The molecular formula is C21H23ClN4O2. The van der Waals surface area contributed by atoms with E-state index in [1.165, 1.54) is 0 Å². The molecule has 0 aliphatic rings. The molecule has 0 radical (unpaired) electrons. The van der Waals surface area contributed by atoms with Gasteiger partial charge in [0.2, 0.25) is 5.91 Å². The van der Waals surface area contributed by atoms with Crippen LogP contribution < -0.4 is 15.4 Å². The van der Waals surface area contributed by atoms with Crippen molar-refractivity contribution in [2.24, 2.45) is 0 Å². The van der Waals surface area contributed by atoms with Gasteiger partial charge in [-0.2, -0.15) is 5.10 Å². The summed E-state index contributed by atoms with van der Waals surface area (Å²) in [4.78, 5) is 12.0. The number of nitrogens with zero attached hydrogens (tertiary/aromatic N) is 2. The van der Waals surface area contributed by atoms with E-state index in [2.05, 4.69) is 15.7 Å². The van der Waals surface area contributed by atoms with E-state index >= 15 is 0 Å². The number of anilines is 1. The average molecular weight is 399 g/mol. The number of methoxy groups -OCH3 is 1. The standard InChI is InChI=1S/C21H23ClN4O2/c1-28-20-8-7-17(22)13-19(20)23-12-10-21(27)24-11-9-16-14-25-26(15-16)18-5-3-2-4-6-18/h2-8,13-15,23H,9-12H2,1H3,(H,24,27). The molecule has 0 aliphatic heterocycles. The number of halogens is 1. The number of benzene rings is 2. The Bertz CT molecular complexity index is 912. The van der Waals surface area contributed by atoms with Crippen LogP contribution in [0, 0.1) is 0 Å². The van der Waals surface area contributed by atoms with Crippen molar-refractivity contribution >= 4 is 23.2 Å². The fourth-order valence-electron chi connectivity index (χ4n) is 2.77. The maximum Gasteiger partial charge on any atom is 0.221 e. The van der Waals surface area contributed by atoms with E-state index < -0.39 is 0 Å². The third-order valence-corrected chi connectivity index (χ3v) is 4.46. The van der Waals surface area contributed by atoms with Crippen LogP contribution in [-0.4, -0.2) is 35.9 Å². The molecule has 1 aromatic heterocycles. The Kier molecular flexibility index (Phi) is 6.92. The summed E-state index contributed by atoms with van der Waals surface area (Å²) in [5.74, 6) is 0.684. The predicted molar refractivity (Wildman–Crippen MR) is 111 cm³/mol. The monoisotopic (exact) mass is 398 g/mol. The van der Waals surface area contributed by atoms with Gasteiger partial charge in [0.1, 0.15) is 5.75 Å². The third kappa shape index (κ3) is 5.50. The first-order chi connectivity index (χ1) is 13.7. The third-order valence-electron chi connectivity index (χ3n) is 4.22. The lowest BCUT2D eigenvalue weighted by molar-refractivity contribution is -0.120. The molecule has 2 N–H and O–H groups in total. The Labute approximate surface area is 169 Å². The first-order valence-electron chi connectivity index (χ1n) is 9.09. The zero-order valence-corrected chi connectivity index (χ0v) is 16.4. The Morgan fingerprint density at radius 1 is 1.18 bits per heavy atom. The van der Waals surface area contributed by atoms with Gasteiger partial charge in [0, 0.05) is 30.7 Å². The van der Waals surface area contributed by atoms with Crippen molar-refractivity contribution in [1.29, 1.82) is 0 Å². The minimum Gasteiger partial charge on any atom is -0.495 e. The van der Waals surface area contributed by atoms with Gasteiger partial charge in [0.15, 0.2) is 0 Å². The highest BCUT2D eigenvalue weighted by atomic mass is 35.5. The Morgan fingerprint density at radius 2 is 2.00 bits per heavy atom. The normalized spacial score (nSPS) is 10.5. The number of carbonyl (C=O) groups excluding carboxylic acids is 1. The van der Waals surface area contributed by atoms with Crippen LogP contribution in [0.3, 0.4) is 0 Å². The van der Waals surface area contributed by atoms with Crippen molar-refractivity contribution in [2.45, 2.75) is 12.8 Å². The molecule has 0 spiro atoms. The Balaban J connectivity index is 1.39. The average Bonchev–Trinajstić information content (AvgIpc) is 3.18. The minimum atomic E-state index is -0.0102. The van der Waals surface area contributed by atoms with Crippen LogP contribution in [0.4, 0.5) is 5.69 Å². The van der Waals surface area contributed by atoms with Crippen LogP contribution in [0.25, 0.3) is 5.69 Å². The maximum atomic E-state index is 12.0. The summed E-state index contributed by atoms with van der Waals surface area (Å²) in [6.07, 6.45) is 4.90. The number of amides is 1. The zero-order valence-electron chi connectivity index (χ0n) is 15.7. The molecule has 0 unspecified atom stereocenters. The quantitative estimate of drug-likeness (QED) is 0.576. The summed E-state index contributed by atoms with van der Waals surface area (Å²) in [5, 5.41) is 11.1. The highest BCUT2D eigenvalue weighted by molar-refractivity contribution is 6.30. The molecule has 1 heterocycles. The van der Waals surface area contributed by atoms with E-state index in [0.717, 1.165) is 23.4 Å². The number of aromatic nitrogens is 2. The van der Waals surface area contributed by atoms with Gasteiger partial charge in [-0.05, 0) is 42.3 Å². The highest BCUT2D eigenvalue weighted by Crippen LogP contribution is 2.27. The number of hydrogen-bond acceptors (Lipinski definition) is 4. The van der Waals surface area contributed by atoms with E-state index in [-0.39, 0.29) is 5.91 Å². The summed E-state index contributed by atoms with van der Waals surface area (Å²) in [5.41, 5.74) is 2.86. The van der Waals surface area contributed by atoms with Crippen LogP contribution >= 0.6 is 11.6 Å².